The second-order valence-corrected chi connectivity index (χ2v) is 6.19. The number of aromatic amines is 1. The highest BCUT2D eigenvalue weighted by Crippen LogP contribution is 2.24. The minimum absolute atomic E-state index is 0.174. The molecule has 2 N–H and O–H groups in total. The van der Waals surface area contributed by atoms with E-state index in [1.807, 2.05) is 42.5 Å². The number of methoxy groups -OCH3 is 2. The summed E-state index contributed by atoms with van der Waals surface area (Å²) in [5.74, 6) is 1.25. The molecule has 0 saturated carbocycles. The number of H-pyrrole nitrogens is 1. The topological polar surface area (TPSA) is 63.4 Å². The zero-order valence-electron chi connectivity index (χ0n) is 13.4. The average molecular weight is 389 g/mol. The Morgan fingerprint density at radius 3 is 2.71 bits per heavy atom. The number of hydrogen-bond acceptors (Lipinski definition) is 3. The Morgan fingerprint density at radius 1 is 1.12 bits per heavy atom. The summed E-state index contributed by atoms with van der Waals surface area (Å²) in [5, 5.41) is 3.89. The Labute approximate surface area is 148 Å². The van der Waals surface area contributed by atoms with Crippen molar-refractivity contribution < 1.29 is 14.3 Å². The van der Waals surface area contributed by atoms with Crippen LogP contribution in [-0.2, 0) is 6.54 Å². The van der Waals surface area contributed by atoms with E-state index >= 15 is 0 Å². The molecule has 0 aliphatic heterocycles. The number of ether oxygens (including phenoxy) is 2. The number of amides is 1. The van der Waals surface area contributed by atoms with Gasteiger partial charge in [0.2, 0.25) is 0 Å². The van der Waals surface area contributed by atoms with Crippen LogP contribution < -0.4 is 14.8 Å². The maximum Gasteiger partial charge on any atom is 0.267 e. The summed E-state index contributed by atoms with van der Waals surface area (Å²) in [4.78, 5) is 15.5. The van der Waals surface area contributed by atoms with Gasteiger partial charge < -0.3 is 19.8 Å². The number of rotatable bonds is 5. The zero-order chi connectivity index (χ0) is 17.1. The highest BCUT2D eigenvalue weighted by molar-refractivity contribution is 9.10. The van der Waals surface area contributed by atoms with Gasteiger partial charge in [-0.2, -0.15) is 0 Å². The fourth-order valence-corrected chi connectivity index (χ4v) is 2.87. The number of halogens is 1. The lowest BCUT2D eigenvalue weighted by atomic mass is 10.2. The van der Waals surface area contributed by atoms with Crippen LogP contribution in [0.5, 0.6) is 11.5 Å². The van der Waals surface area contributed by atoms with Gasteiger partial charge in [0.25, 0.3) is 5.91 Å². The lowest BCUT2D eigenvalue weighted by molar-refractivity contribution is 0.0946. The second-order valence-electron chi connectivity index (χ2n) is 5.28. The van der Waals surface area contributed by atoms with E-state index < -0.39 is 0 Å². The first-order valence-electron chi connectivity index (χ1n) is 7.38. The minimum Gasteiger partial charge on any atom is -0.497 e. The first-order chi connectivity index (χ1) is 11.6. The van der Waals surface area contributed by atoms with E-state index in [0.717, 1.165) is 26.7 Å². The summed E-state index contributed by atoms with van der Waals surface area (Å²) in [6.45, 7) is 0.346. The van der Waals surface area contributed by atoms with Crippen LogP contribution in [0, 0.1) is 0 Å². The van der Waals surface area contributed by atoms with Crippen molar-refractivity contribution in [2.75, 3.05) is 14.2 Å². The summed E-state index contributed by atoms with van der Waals surface area (Å²) in [6, 6.07) is 13.2. The van der Waals surface area contributed by atoms with Gasteiger partial charge in [0.15, 0.2) is 0 Å². The first-order valence-corrected chi connectivity index (χ1v) is 8.17. The van der Waals surface area contributed by atoms with E-state index in [2.05, 4.69) is 26.2 Å². The molecule has 0 atom stereocenters. The lowest BCUT2D eigenvalue weighted by Crippen LogP contribution is -2.23. The van der Waals surface area contributed by atoms with E-state index in [4.69, 9.17) is 9.47 Å². The molecule has 124 valence electrons. The van der Waals surface area contributed by atoms with Gasteiger partial charge in [-0.05, 0) is 36.4 Å². The summed E-state index contributed by atoms with van der Waals surface area (Å²) in [7, 11) is 3.20. The molecule has 0 spiro atoms. The van der Waals surface area contributed by atoms with Crippen LogP contribution in [0.3, 0.4) is 0 Å². The van der Waals surface area contributed by atoms with Crippen LogP contribution in [-0.4, -0.2) is 25.1 Å². The van der Waals surface area contributed by atoms with Crippen molar-refractivity contribution in [2.24, 2.45) is 0 Å². The minimum atomic E-state index is -0.174. The molecule has 6 heteroatoms. The maximum atomic E-state index is 12.4. The number of fused-ring (bicyclic) bond motifs is 1. The van der Waals surface area contributed by atoms with Gasteiger partial charge in [0.05, 0.1) is 14.2 Å². The predicted molar refractivity (Wildman–Crippen MR) is 96.7 cm³/mol. The molecule has 5 nitrogen and oxygen atoms in total. The third-order valence-electron chi connectivity index (χ3n) is 3.76. The van der Waals surface area contributed by atoms with Crippen LogP contribution in [0.15, 0.2) is 46.9 Å². The average Bonchev–Trinajstić information content (AvgIpc) is 3.02. The molecule has 0 saturated heterocycles. The Hall–Kier alpha value is -2.47. The highest BCUT2D eigenvalue weighted by Gasteiger charge is 2.11. The third kappa shape index (κ3) is 3.38. The lowest BCUT2D eigenvalue weighted by Gasteiger charge is -2.11. The van der Waals surface area contributed by atoms with Gasteiger partial charge in [0.1, 0.15) is 17.2 Å². The van der Waals surface area contributed by atoms with Gasteiger partial charge in [-0.1, -0.05) is 22.0 Å². The fraction of sp³-hybridized carbons (Fsp3) is 0.167. The molecule has 3 aromatic rings. The van der Waals surface area contributed by atoms with Crippen molar-refractivity contribution in [3.63, 3.8) is 0 Å². The maximum absolute atomic E-state index is 12.4. The van der Waals surface area contributed by atoms with Crippen LogP contribution in [0.4, 0.5) is 0 Å². The standard InChI is InChI=1S/C18H17BrN2O3/c1-23-14-5-6-17(24-2)12(7-14)10-20-18(22)16-8-11-3-4-13(19)9-15(11)21-16/h3-9,21H,10H2,1-2H3,(H,20,22). The van der Waals surface area contributed by atoms with Crippen molar-refractivity contribution in [3.8, 4) is 11.5 Å². The number of aromatic nitrogens is 1. The van der Waals surface area contributed by atoms with Gasteiger partial charge in [-0.15, -0.1) is 0 Å². The Bertz CT molecular complexity index is 889. The monoisotopic (exact) mass is 388 g/mol. The number of carbonyl (C=O) groups excluding carboxylic acids is 1. The molecule has 0 aliphatic carbocycles. The molecule has 0 aliphatic rings. The van der Waals surface area contributed by atoms with Gasteiger partial charge in [0, 0.05) is 27.5 Å². The molecule has 1 heterocycles. The Kier molecular flexibility index (Phi) is 4.76. The largest absolute Gasteiger partial charge is 0.497 e. The molecule has 0 radical (unpaired) electrons. The molecule has 1 amide bonds. The Balaban J connectivity index is 1.77. The highest BCUT2D eigenvalue weighted by atomic mass is 79.9. The molecule has 0 bridgehead atoms. The number of nitrogens with one attached hydrogen (secondary N) is 2. The van der Waals surface area contributed by atoms with E-state index in [0.29, 0.717) is 18.0 Å². The normalized spacial score (nSPS) is 10.6. The van der Waals surface area contributed by atoms with E-state index in [1.54, 1.807) is 14.2 Å². The van der Waals surface area contributed by atoms with Gasteiger partial charge in [-0.25, -0.2) is 0 Å². The Morgan fingerprint density at radius 2 is 1.96 bits per heavy atom. The van der Waals surface area contributed by atoms with Crippen molar-refractivity contribution in [3.05, 3.63) is 58.2 Å². The summed E-state index contributed by atoms with van der Waals surface area (Å²) >= 11 is 3.42. The predicted octanol–water partition coefficient (Wildman–Crippen LogP) is 3.88. The van der Waals surface area contributed by atoms with Crippen molar-refractivity contribution in [1.29, 1.82) is 0 Å². The van der Waals surface area contributed by atoms with Crippen LogP contribution in [0.25, 0.3) is 10.9 Å². The van der Waals surface area contributed by atoms with Crippen LogP contribution in [0.1, 0.15) is 16.1 Å². The van der Waals surface area contributed by atoms with Crippen molar-refractivity contribution in [2.45, 2.75) is 6.54 Å². The first kappa shape index (κ1) is 16.4. The van der Waals surface area contributed by atoms with Gasteiger partial charge >= 0.3 is 0 Å². The quantitative estimate of drug-likeness (QED) is 0.696. The fourth-order valence-electron chi connectivity index (χ4n) is 2.51. The van der Waals surface area contributed by atoms with E-state index in [9.17, 15) is 4.79 Å². The van der Waals surface area contributed by atoms with Crippen molar-refractivity contribution >= 4 is 32.7 Å². The summed E-state index contributed by atoms with van der Waals surface area (Å²) < 4.78 is 11.5. The molecular weight excluding hydrogens is 372 g/mol. The molecule has 1 aromatic heterocycles. The molecule has 0 fully saturated rings. The van der Waals surface area contributed by atoms with Gasteiger partial charge in [-0.3, -0.25) is 4.79 Å². The van der Waals surface area contributed by atoms with Crippen LogP contribution in [0.2, 0.25) is 0 Å². The number of carbonyl (C=O) groups is 1. The zero-order valence-corrected chi connectivity index (χ0v) is 14.9. The number of benzene rings is 2. The van der Waals surface area contributed by atoms with E-state index in [-0.39, 0.29) is 5.91 Å². The van der Waals surface area contributed by atoms with Crippen molar-refractivity contribution in [1.82, 2.24) is 10.3 Å². The summed E-state index contributed by atoms with van der Waals surface area (Å²) in [6.07, 6.45) is 0. The van der Waals surface area contributed by atoms with Crippen LogP contribution >= 0.6 is 15.9 Å². The van der Waals surface area contributed by atoms with E-state index in [1.165, 1.54) is 0 Å². The molecule has 2 aromatic carbocycles. The smallest absolute Gasteiger partial charge is 0.267 e. The number of hydrogen-bond donors (Lipinski definition) is 2. The molecule has 3 rings (SSSR count). The molecular formula is C18H17BrN2O3. The second kappa shape index (κ2) is 6.97. The molecule has 0 unspecified atom stereocenters. The summed E-state index contributed by atoms with van der Waals surface area (Å²) in [5.41, 5.74) is 2.28. The third-order valence-corrected chi connectivity index (χ3v) is 4.25. The SMILES string of the molecule is COc1ccc(OC)c(CNC(=O)c2cc3ccc(Br)cc3[nH]2)c1. The molecule has 24 heavy (non-hydrogen) atoms.